The standard InChI is InChI=1S/C15H17ClNO2S.Y/c1-3-17-14(9-8-13(16)15(17)18)11-4-6-12(7-5-11)19-10-20-2;/h4-7,13H,3,8,10H2,1-2H3;/q-1;. The minimum Gasteiger partial charge on any atom is -0.483 e. The minimum absolute atomic E-state index is 0. The van der Waals surface area contributed by atoms with Crippen molar-refractivity contribution in [1.29, 1.82) is 0 Å². The van der Waals surface area contributed by atoms with Crippen LogP contribution in [0.25, 0.3) is 5.70 Å². The summed E-state index contributed by atoms with van der Waals surface area (Å²) in [5.74, 6) is 1.40. The summed E-state index contributed by atoms with van der Waals surface area (Å²) in [6, 6.07) is 7.71. The Labute approximate surface area is 160 Å². The molecule has 0 N–H and O–H groups in total. The summed E-state index contributed by atoms with van der Waals surface area (Å²) >= 11 is 7.61. The number of hydrogen-bond donors (Lipinski definition) is 0. The molecule has 1 unspecified atom stereocenters. The van der Waals surface area contributed by atoms with Crippen LogP contribution in [0.3, 0.4) is 0 Å². The molecule has 0 aromatic heterocycles. The van der Waals surface area contributed by atoms with Crippen LogP contribution < -0.4 is 4.74 Å². The van der Waals surface area contributed by atoms with Gasteiger partial charge in [-0.05, 0) is 25.3 Å². The average molecular weight is 400 g/mol. The van der Waals surface area contributed by atoms with Crippen LogP contribution >= 0.6 is 23.4 Å². The molecule has 1 aromatic carbocycles. The van der Waals surface area contributed by atoms with Crippen molar-refractivity contribution in [2.45, 2.75) is 18.7 Å². The van der Waals surface area contributed by atoms with Gasteiger partial charge in [0, 0.05) is 39.3 Å². The second-order valence-electron chi connectivity index (χ2n) is 4.35. The molecule has 0 saturated heterocycles. The second kappa shape index (κ2) is 9.19. The molecule has 1 heterocycles. The van der Waals surface area contributed by atoms with Crippen LogP contribution in [-0.2, 0) is 37.5 Å². The van der Waals surface area contributed by atoms with Gasteiger partial charge in [0.15, 0.2) is 0 Å². The van der Waals surface area contributed by atoms with Crippen molar-refractivity contribution < 1.29 is 42.2 Å². The van der Waals surface area contributed by atoms with Crippen molar-refractivity contribution in [3.05, 3.63) is 35.9 Å². The molecule has 0 aliphatic carbocycles. The van der Waals surface area contributed by atoms with E-state index < -0.39 is 5.38 Å². The van der Waals surface area contributed by atoms with Crippen molar-refractivity contribution in [2.75, 3.05) is 18.7 Å². The quantitative estimate of drug-likeness (QED) is 0.432. The Balaban J connectivity index is 0.00000220. The Bertz CT molecular complexity index is 507. The van der Waals surface area contributed by atoms with E-state index in [0.717, 1.165) is 17.0 Å². The zero-order chi connectivity index (χ0) is 14.5. The van der Waals surface area contributed by atoms with Gasteiger partial charge in [-0.25, -0.2) is 6.08 Å². The third-order valence-electron chi connectivity index (χ3n) is 3.04. The summed E-state index contributed by atoms with van der Waals surface area (Å²) in [6.07, 6.45) is 5.67. The van der Waals surface area contributed by atoms with Gasteiger partial charge >= 0.3 is 0 Å². The first-order valence-corrected chi connectivity index (χ1v) is 8.28. The molecule has 1 aromatic rings. The van der Waals surface area contributed by atoms with E-state index in [1.165, 1.54) is 0 Å². The largest absolute Gasteiger partial charge is 0.483 e. The van der Waals surface area contributed by atoms with Gasteiger partial charge in [-0.1, -0.05) is 6.42 Å². The van der Waals surface area contributed by atoms with Crippen molar-refractivity contribution in [3.63, 3.8) is 0 Å². The Hall–Kier alpha value is -0.0261. The van der Waals surface area contributed by atoms with E-state index in [9.17, 15) is 4.79 Å². The number of alkyl halides is 1. The number of thioether (sulfide) groups is 1. The first kappa shape index (κ1) is 19.0. The Morgan fingerprint density at radius 2 is 2.10 bits per heavy atom. The number of rotatable bonds is 5. The van der Waals surface area contributed by atoms with Crippen molar-refractivity contribution in [2.24, 2.45) is 0 Å². The van der Waals surface area contributed by atoms with Gasteiger partial charge in [-0.2, -0.15) is 5.56 Å². The zero-order valence-electron chi connectivity index (χ0n) is 12.1. The Kier molecular flexibility index (Phi) is 8.32. The first-order chi connectivity index (χ1) is 9.67. The number of nitrogens with zero attached hydrogens (tertiary/aromatic N) is 1. The molecule has 0 spiro atoms. The number of carbonyl (C=O) groups is 1. The van der Waals surface area contributed by atoms with E-state index in [-0.39, 0.29) is 38.6 Å². The smallest absolute Gasteiger partial charge is 0.241 e. The SMILES string of the molecule is CCN1C(=O)C(Cl)C[C-]=C1c1ccc(OCSC)cc1.[Y]. The summed E-state index contributed by atoms with van der Waals surface area (Å²) in [7, 11) is 0. The molecule has 1 amide bonds. The van der Waals surface area contributed by atoms with Crippen LogP contribution in [0, 0.1) is 6.08 Å². The summed E-state index contributed by atoms with van der Waals surface area (Å²) < 4.78 is 5.52. The number of allylic oxidation sites excluding steroid dienone is 1. The van der Waals surface area contributed by atoms with Crippen LogP contribution in [0.4, 0.5) is 0 Å². The molecule has 111 valence electrons. The fraction of sp³-hybridized carbons (Fsp3) is 0.400. The Morgan fingerprint density at radius 3 is 2.67 bits per heavy atom. The van der Waals surface area contributed by atoms with E-state index in [0.29, 0.717) is 18.9 Å². The summed E-state index contributed by atoms with van der Waals surface area (Å²) in [5.41, 5.74) is 1.77. The molecule has 21 heavy (non-hydrogen) atoms. The summed E-state index contributed by atoms with van der Waals surface area (Å²) in [5, 5.41) is -0.497. The number of benzene rings is 1. The normalized spacial score (nSPS) is 18.0. The van der Waals surface area contributed by atoms with E-state index in [1.807, 2.05) is 37.4 Å². The molecule has 0 bridgehead atoms. The van der Waals surface area contributed by atoms with Gasteiger partial charge in [0.1, 0.15) is 17.1 Å². The predicted molar refractivity (Wildman–Crippen MR) is 83.7 cm³/mol. The minimum atomic E-state index is -0.497. The monoisotopic (exact) mass is 399 g/mol. The predicted octanol–water partition coefficient (Wildman–Crippen LogP) is 3.39. The molecular formula is C15H17ClNO2SY-. The maximum absolute atomic E-state index is 12.1. The van der Waals surface area contributed by atoms with E-state index in [2.05, 4.69) is 6.08 Å². The van der Waals surface area contributed by atoms with Gasteiger partial charge in [-0.3, -0.25) is 4.79 Å². The first-order valence-electron chi connectivity index (χ1n) is 6.45. The molecule has 1 aliphatic rings. The molecule has 2 rings (SSSR count). The van der Waals surface area contributed by atoms with Gasteiger partial charge in [0.2, 0.25) is 5.91 Å². The van der Waals surface area contributed by atoms with Crippen molar-refractivity contribution >= 4 is 35.0 Å². The van der Waals surface area contributed by atoms with Crippen LogP contribution in [0.1, 0.15) is 18.9 Å². The molecule has 3 nitrogen and oxygen atoms in total. The molecule has 6 heteroatoms. The fourth-order valence-electron chi connectivity index (χ4n) is 2.06. The van der Waals surface area contributed by atoms with E-state index in [1.54, 1.807) is 16.7 Å². The molecule has 0 saturated carbocycles. The number of carbonyl (C=O) groups excluding carboxylic acids is 1. The van der Waals surface area contributed by atoms with Crippen molar-refractivity contribution in [1.82, 2.24) is 4.90 Å². The summed E-state index contributed by atoms with van der Waals surface area (Å²) in [4.78, 5) is 13.7. The molecule has 1 aliphatic heterocycles. The molecule has 0 fully saturated rings. The van der Waals surface area contributed by atoms with Gasteiger partial charge < -0.3 is 9.64 Å². The molecular weight excluding hydrogens is 383 g/mol. The topological polar surface area (TPSA) is 29.5 Å². The molecule has 1 atom stereocenters. The van der Waals surface area contributed by atoms with Gasteiger partial charge in [0.25, 0.3) is 0 Å². The van der Waals surface area contributed by atoms with Crippen LogP contribution in [-0.4, -0.2) is 34.9 Å². The van der Waals surface area contributed by atoms with Gasteiger partial charge in [-0.15, -0.1) is 41.2 Å². The van der Waals surface area contributed by atoms with Crippen LogP contribution in [0.15, 0.2) is 24.3 Å². The number of amides is 1. The number of ether oxygens (including phenoxy) is 1. The third-order valence-corrected chi connectivity index (χ3v) is 3.73. The number of hydrogen-bond acceptors (Lipinski definition) is 3. The maximum atomic E-state index is 12.1. The summed E-state index contributed by atoms with van der Waals surface area (Å²) in [6.45, 7) is 2.53. The average Bonchev–Trinajstić information content (AvgIpc) is 2.48. The number of halogens is 1. The zero-order valence-corrected chi connectivity index (χ0v) is 16.5. The van der Waals surface area contributed by atoms with Crippen molar-refractivity contribution in [3.8, 4) is 5.75 Å². The Morgan fingerprint density at radius 1 is 1.43 bits per heavy atom. The maximum Gasteiger partial charge on any atom is 0.241 e. The van der Waals surface area contributed by atoms with Crippen LogP contribution in [0.2, 0.25) is 0 Å². The second-order valence-corrected chi connectivity index (χ2v) is 5.69. The third kappa shape index (κ3) is 4.72. The van der Waals surface area contributed by atoms with E-state index >= 15 is 0 Å². The molecule has 1 radical (unpaired) electrons. The van der Waals surface area contributed by atoms with Gasteiger partial charge in [0.05, 0.1) is 0 Å². The fourth-order valence-corrected chi connectivity index (χ4v) is 2.51. The van der Waals surface area contributed by atoms with E-state index in [4.69, 9.17) is 16.3 Å². The van der Waals surface area contributed by atoms with Crippen LogP contribution in [0.5, 0.6) is 5.75 Å².